The molecule has 0 spiro atoms. The average molecular weight is 193 g/mol. The van der Waals surface area contributed by atoms with Crippen molar-refractivity contribution in [1.82, 2.24) is 4.90 Å². The lowest BCUT2D eigenvalue weighted by molar-refractivity contribution is -0.0443. The molecular formula is C9H17F2NO. The van der Waals surface area contributed by atoms with E-state index >= 15 is 0 Å². The molecule has 1 N–H and O–H groups in total. The zero-order chi connectivity index (χ0) is 9.84. The van der Waals surface area contributed by atoms with Crippen molar-refractivity contribution >= 4 is 0 Å². The van der Waals surface area contributed by atoms with E-state index < -0.39 is 12.5 Å². The van der Waals surface area contributed by atoms with Crippen LogP contribution in [0.2, 0.25) is 0 Å². The fourth-order valence-electron chi connectivity index (χ4n) is 1.76. The van der Waals surface area contributed by atoms with Crippen molar-refractivity contribution in [1.29, 1.82) is 0 Å². The van der Waals surface area contributed by atoms with Gasteiger partial charge in [0.25, 0.3) is 6.43 Å². The SMILES string of the molecule is CCCC1CN(CC(O)C(F)F)C1. The van der Waals surface area contributed by atoms with Crippen LogP contribution < -0.4 is 0 Å². The Morgan fingerprint density at radius 3 is 2.54 bits per heavy atom. The molecule has 1 fully saturated rings. The first-order chi connectivity index (χ1) is 6.13. The maximum absolute atomic E-state index is 11.9. The van der Waals surface area contributed by atoms with E-state index in [-0.39, 0.29) is 6.54 Å². The van der Waals surface area contributed by atoms with Gasteiger partial charge in [-0.25, -0.2) is 8.78 Å². The third-order valence-electron chi connectivity index (χ3n) is 2.47. The van der Waals surface area contributed by atoms with Crippen LogP contribution in [0.15, 0.2) is 0 Å². The number of halogens is 2. The van der Waals surface area contributed by atoms with Gasteiger partial charge in [0.1, 0.15) is 6.10 Å². The van der Waals surface area contributed by atoms with Crippen LogP contribution in [0.5, 0.6) is 0 Å². The minimum Gasteiger partial charge on any atom is -0.386 e. The summed E-state index contributed by atoms with van der Waals surface area (Å²) in [6.07, 6.45) is -1.76. The third kappa shape index (κ3) is 3.19. The minimum atomic E-state index is -2.61. The van der Waals surface area contributed by atoms with Gasteiger partial charge in [0.15, 0.2) is 0 Å². The van der Waals surface area contributed by atoms with E-state index in [4.69, 9.17) is 5.11 Å². The van der Waals surface area contributed by atoms with E-state index in [0.29, 0.717) is 5.92 Å². The van der Waals surface area contributed by atoms with Crippen molar-refractivity contribution in [2.75, 3.05) is 19.6 Å². The lowest BCUT2D eigenvalue weighted by Crippen LogP contribution is -2.50. The predicted molar refractivity (Wildman–Crippen MR) is 46.8 cm³/mol. The Morgan fingerprint density at radius 2 is 2.08 bits per heavy atom. The van der Waals surface area contributed by atoms with E-state index in [9.17, 15) is 8.78 Å². The van der Waals surface area contributed by atoms with E-state index in [1.807, 2.05) is 4.90 Å². The summed E-state index contributed by atoms with van der Waals surface area (Å²) in [7, 11) is 0. The highest BCUT2D eigenvalue weighted by atomic mass is 19.3. The second-order valence-corrected chi connectivity index (χ2v) is 3.78. The smallest absolute Gasteiger partial charge is 0.265 e. The van der Waals surface area contributed by atoms with Crippen molar-refractivity contribution in [2.45, 2.75) is 32.3 Å². The van der Waals surface area contributed by atoms with Gasteiger partial charge in [0.05, 0.1) is 0 Å². The van der Waals surface area contributed by atoms with E-state index in [0.717, 1.165) is 19.5 Å². The number of aliphatic hydroxyl groups excluding tert-OH is 1. The molecule has 1 unspecified atom stereocenters. The zero-order valence-electron chi connectivity index (χ0n) is 7.92. The van der Waals surface area contributed by atoms with E-state index in [2.05, 4.69) is 6.92 Å². The van der Waals surface area contributed by atoms with Gasteiger partial charge in [-0.15, -0.1) is 0 Å². The van der Waals surface area contributed by atoms with Crippen molar-refractivity contribution in [2.24, 2.45) is 5.92 Å². The van der Waals surface area contributed by atoms with Crippen LogP contribution in [-0.4, -0.2) is 42.2 Å². The first kappa shape index (κ1) is 10.9. The molecule has 0 bridgehead atoms. The number of rotatable bonds is 5. The summed E-state index contributed by atoms with van der Waals surface area (Å²) in [6.45, 7) is 3.99. The molecule has 1 saturated heterocycles. The number of hydrogen-bond donors (Lipinski definition) is 1. The summed E-state index contributed by atoms with van der Waals surface area (Å²) in [5, 5.41) is 8.89. The molecule has 1 aliphatic rings. The predicted octanol–water partition coefficient (Wildman–Crippen LogP) is 1.34. The van der Waals surface area contributed by atoms with Crippen LogP contribution in [0.3, 0.4) is 0 Å². The number of likely N-dealkylation sites (tertiary alicyclic amines) is 1. The van der Waals surface area contributed by atoms with Crippen molar-refractivity contribution in [3.8, 4) is 0 Å². The van der Waals surface area contributed by atoms with Gasteiger partial charge in [-0.05, 0) is 12.3 Å². The Balaban J connectivity index is 2.07. The van der Waals surface area contributed by atoms with E-state index in [1.54, 1.807) is 0 Å². The molecule has 0 aromatic carbocycles. The Morgan fingerprint density at radius 1 is 1.46 bits per heavy atom. The molecule has 4 heteroatoms. The molecule has 2 nitrogen and oxygen atoms in total. The molecule has 0 aromatic rings. The summed E-state index contributed by atoms with van der Waals surface area (Å²) in [6, 6.07) is 0. The molecule has 0 saturated carbocycles. The molecule has 1 aliphatic heterocycles. The van der Waals surface area contributed by atoms with E-state index in [1.165, 1.54) is 6.42 Å². The van der Waals surface area contributed by atoms with Crippen LogP contribution in [-0.2, 0) is 0 Å². The van der Waals surface area contributed by atoms with Gasteiger partial charge in [0, 0.05) is 19.6 Å². The van der Waals surface area contributed by atoms with Gasteiger partial charge in [-0.2, -0.15) is 0 Å². The minimum absolute atomic E-state index is 0.123. The molecule has 1 heterocycles. The van der Waals surface area contributed by atoms with Crippen LogP contribution in [0.25, 0.3) is 0 Å². The lowest BCUT2D eigenvalue weighted by atomic mass is 9.95. The van der Waals surface area contributed by atoms with Gasteiger partial charge in [-0.1, -0.05) is 13.3 Å². The van der Waals surface area contributed by atoms with Crippen LogP contribution in [0.4, 0.5) is 8.78 Å². The quantitative estimate of drug-likeness (QED) is 0.712. The fraction of sp³-hybridized carbons (Fsp3) is 1.00. The van der Waals surface area contributed by atoms with Crippen LogP contribution >= 0.6 is 0 Å². The highest BCUT2D eigenvalue weighted by Gasteiger charge is 2.29. The average Bonchev–Trinajstić information content (AvgIpc) is 2.00. The van der Waals surface area contributed by atoms with Crippen LogP contribution in [0, 0.1) is 5.92 Å². The van der Waals surface area contributed by atoms with Crippen molar-refractivity contribution < 1.29 is 13.9 Å². The number of β-amino-alcohol motifs (C(OH)–C–C–N with tert-alkyl or cyclic N) is 1. The molecule has 1 rings (SSSR count). The van der Waals surface area contributed by atoms with Crippen molar-refractivity contribution in [3.05, 3.63) is 0 Å². The largest absolute Gasteiger partial charge is 0.386 e. The Kier molecular flexibility index (Phi) is 4.06. The summed E-state index contributed by atoms with van der Waals surface area (Å²) in [4.78, 5) is 1.89. The normalized spacial score (nSPS) is 21.9. The van der Waals surface area contributed by atoms with Gasteiger partial charge in [0.2, 0.25) is 0 Å². The molecule has 0 amide bonds. The summed E-state index contributed by atoms with van der Waals surface area (Å²) in [5.74, 6) is 0.662. The lowest BCUT2D eigenvalue weighted by Gasteiger charge is -2.40. The van der Waals surface area contributed by atoms with Gasteiger partial charge >= 0.3 is 0 Å². The summed E-state index contributed by atoms with van der Waals surface area (Å²) in [5.41, 5.74) is 0. The summed E-state index contributed by atoms with van der Waals surface area (Å²) < 4.78 is 23.8. The monoisotopic (exact) mass is 193 g/mol. The van der Waals surface area contributed by atoms with Crippen LogP contribution in [0.1, 0.15) is 19.8 Å². The Labute approximate surface area is 77.5 Å². The van der Waals surface area contributed by atoms with Gasteiger partial charge < -0.3 is 5.11 Å². The maximum atomic E-state index is 11.9. The highest BCUT2D eigenvalue weighted by molar-refractivity contribution is 4.81. The number of nitrogens with zero attached hydrogens (tertiary/aromatic N) is 1. The first-order valence-corrected chi connectivity index (χ1v) is 4.82. The molecule has 0 radical (unpaired) electrons. The number of aliphatic hydroxyl groups is 1. The second-order valence-electron chi connectivity index (χ2n) is 3.78. The molecule has 0 aromatic heterocycles. The highest BCUT2D eigenvalue weighted by Crippen LogP contribution is 2.21. The molecule has 0 aliphatic carbocycles. The fourth-order valence-corrected chi connectivity index (χ4v) is 1.76. The summed E-state index contributed by atoms with van der Waals surface area (Å²) >= 11 is 0. The third-order valence-corrected chi connectivity index (χ3v) is 2.47. The Hall–Kier alpha value is -0.220. The molecule has 78 valence electrons. The van der Waals surface area contributed by atoms with Gasteiger partial charge in [-0.3, -0.25) is 4.90 Å². The number of alkyl halides is 2. The first-order valence-electron chi connectivity index (χ1n) is 4.82. The second kappa shape index (κ2) is 4.86. The molecular weight excluding hydrogens is 176 g/mol. The van der Waals surface area contributed by atoms with Crippen molar-refractivity contribution in [3.63, 3.8) is 0 Å². The number of hydrogen-bond acceptors (Lipinski definition) is 2. The molecule has 1 atom stereocenters. The Bertz CT molecular complexity index is 149. The topological polar surface area (TPSA) is 23.5 Å². The molecule has 13 heavy (non-hydrogen) atoms. The standard InChI is InChI=1S/C9H17F2NO/c1-2-3-7-4-12(5-7)6-8(13)9(10)11/h7-9,13H,2-6H2,1H3. The maximum Gasteiger partial charge on any atom is 0.265 e. The zero-order valence-corrected chi connectivity index (χ0v) is 7.92.